The quantitative estimate of drug-likeness (QED) is 0.611. The molecule has 0 radical (unpaired) electrons. The van der Waals surface area contributed by atoms with Crippen LogP contribution in [0.1, 0.15) is 16.1 Å². The van der Waals surface area contributed by atoms with Gasteiger partial charge in [0.1, 0.15) is 12.1 Å². The summed E-state index contributed by atoms with van der Waals surface area (Å²) in [5, 5.41) is 9.23. The Morgan fingerprint density at radius 1 is 1.28 bits per heavy atom. The minimum absolute atomic E-state index is 0.340. The van der Waals surface area contributed by atoms with Gasteiger partial charge in [0, 0.05) is 17.1 Å². The number of rotatable bonds is 3. The summed E-state index contributed by atoms with van der Waals surface area (Å²) in [6.07, 6.45) is 3.08. The van der Waals surface area contributed by atoms with E-state index in [0.29, 0.717) is 27.5 Å². The fraction of sp³-hybridized carbons (Fsp3) is 0.0588. The number of amides is 1. The Balaban J connectivity index is 1.79. The maximum absolute atomic E-state index is 13.5. The Bertz CT molecular complexity index is 1090. The number of benzene rings is 1. The minimum atomic E-state index is -0.347. The second kappa shape index (κ2) is 6.06. The molecule has 0 bridgehead atoms. The van der Waals surface area contributed by atoms with Crippen molar-refractivity contribution in [3.05, 3.63) is 65.3 Å². The number of nitrogens with zero attached hydrogens (tertiary/aromatic N) is 4. The highest BCUT2D eigenvalue weighted by Crippen LogP contribution is 2.24. The van der Waals surface area contributed by atoms with Crippen molar-refractivity contribution in [1.82, 2.24) is 19.6 Å². The summed E-state index contributed by atoms with van der Waals surface area (Å²) in [6.45, 7) is 1.85. The highest BCUT2D eigenvalue weighted by Gasteiger charge is 2.16. The van der Waals surface area contributed by atoms with Gasteiger partial charge in [-0.25, -0.2) is 18.9 Å². The average Bonchev–Trinajstić information content (AvgIpc) is 3.22. The number of halogens is 1. The molecule has 6 nitrogen and oxygen atoms in total. The molecule has 8 heteroatoms. The second-order valence-electron chi connectivity index (χ2n) is 5.43. The molecule has 0 aliphatic rings. The maximum atomic E-state index is 13.5. The highest BCUT2D eigenvalue weighted by atomic mass is 32.1. The van der Waals surface area contributed by atoms with Crippen LogP contribution >= 0.6 is 11.3 Å². The van der Waals surface area contributed by atoms with E-state index < -0.39 is 0 Å². The molecule has 0 aliphatic heterocycles. The normalized spacial score (nSPS) is 11.0. The largest absolute Gasteiger partial charge is 0.298 e. The standard InChI is InChI=1S/C17H12FN5OS/c1-10-8-25-17(21-10)22-16(24)14-6-12(7-23-15(14)19-9-20-23)11-3-2-4-13(18)5-11/h2-9H,1H3,(H,21,22,24). The molecule has 25 heavy (non-hydrogen) atoms. The zero-order valence-electron chi connectivity index (χ0n) is 13.1. The van der Waals surface area contributed by atoms with E-state index in [2.05, 4.69) is 20.4 Å². The van der Waals surface area contributed by atoms with Gasteiger partial charge in [-0.2, -0.15) is 5.10 Å². The third-order valence-corrected chi connectivity index (χ3v) is 4.49. The van der Waals surface area contributed by atoms with Crippen LogP contribution < -0.4 is 5.32 Å². The van der Waals surface area contributed by atoms with Gasteiger partial charge in [0.05, 0.1) is 11.3 Å². The molecule has 0 atom stereocenters. The first-order valence-electron chi connectivity index (χ1n) is 7.43. The van der Waals surface area contributed by atoms with Crippen LogP contribution in [0.5, 0.6) is 0 Å². The third-order valence-electron chi connectivity index (χ3n) is 3.62. The molecule has 3 aromatic heterocycles. The molecule has 0 fully saturated rings. The number of anilines is 1. The van der Waals surface area contributed by atoms with E-state index in [1.54, 1.807) is 24.4 Å². The molecule has 0 spiro atoms. The van der Waals surface area contributed by atoms with Gasteiger partial charge in [-0.15, -0.1) is 11.3 Å². The molecular weight excluding hydrogens is 341 g/mol. The van der Waals surface area contributed by atoms with Gasteiger partial charge in [-0.3, -0.25) is 10.1 Å². The van der Waals surface area contributed by atoms with E-state index in [0.717, 1.165) is 5.69 Å². The first kappa shape index (κ1) is 15.4. The van der Waals surface area contributed by atoms with Crippen molar-refractivity contribution in [3.63, 3.8) is 0 Å². The molecule has 1 N–H and O–H groups in total. The summed E-state index contributed by atoms with van der Waals surface area (Å²) in [7, 11) is 0. The summed E-state index contributed by atoms with van der Waals surface area (Å²) in [5.41, 5.74) is 2.91. The molecule has 4 rings (SSSR count). The number of aromatic nitrogens is 4. The average molecular weight is 353 g/mol. The number of thiazole rings is 1. The lowest BCUT2D eigenvalue weighted by atomic mass is 10.1. The fourth-order valence-electron chi connectivity index (χ4n) is 2.50. The van der Waals surface area contributed by atoms with Gasteiger partial charge in [0.2, 0.25) is 0 Å². The smallest absolute Gasteiger partial charge is 0.261 e. The summed E-state index contributed by atoms with van der Waals surface area (Å²) in [6, 6.07) is 7.84. The van der Waals surface area contributed by atoms with Gasteiger partial charge in [-0.05, 0) is 30.7 Å². The van der Waals surface area contributed by atoms with E-state index >= 15 is 0 Å². The lowest BCUT2D eigenvalue weighted by molar-refractivity contribution is 0.102. The van der Waals surface area contributed by atoms with Gasteiger partial charge >= 0.3 is 0 Å². The highest BCUT2D eigenvalue weighted by molar-refractivity contribution is 7.13. The van der Waals surface area contributed by atoms with Crippen LogP contribution in [0.3, 0.4) is 0 Å². The molecule has 1 aromatic carbocycles. The Kier molecular flexibility index (Phi) is 3.73. The van der Waals surface area contributed by atoms with Crippen LogP contribution in [0.25, 0.3) is 16.8 Å². The second-order valence-corrected chi connectivity index (χ2v) is 6.29. The summed E-state index contributed by atoms with van der Waals surface area (Å²) in [5.74, 6) is -0.689. The molecular formula is C17H12FN5OS. The van der Waals surface area contributed by atoms with Gasteiger partial charge < -0.3 is 0 Å². The number of hydrogen-bond acceptors (Lipinski definition) is 5. The Morgan fingerprint density at radius 2 is 2.16 bits per heavy atom. The lowest BCUT2D eigenvalue weighted by Crippen LogP contribution is -2.14. The van der Waals surface area contributed by atoms with Crippen LogP contribution in [0.15, 0.2) is 48.2 Å². The number of nitrogens with one attached hydrogen (secondary N) is 1. The zero-order chi connectivity index (χ0) is 17.4. The van der Waals surface area contributed by atoms with Crippen molar-refractivity contribution in [2.24, 2.45) is 0 Å². The number of pyridine rings is 1. The molecule has 0 saturated carbocycles. The molecule has 0 saturated heterocycles. The lowest BCUT2D eigenvalue weighted by Gasteiger charge is -2.08. The molecule has 124 valence electrons. The van der Waals surface area contributed by atoms with Crippen molar-refractivity contribution in [3.8, 4) is 11.1 Å². The van der Waals surface area contributed by atoms with Gasteiger partial charge in [-0.1, -0.05) is 12.1 Å². The monoisotopic (exact) mass is 353 g/mol. The van der Waals surface area contributed by atoms with Crippen molar-refractivity contribution in [2.75, 3.05) is 5.32 Å². The van der Waals surface area contributed by atoms with Crippen LogP contribution in [0, 0.1) is 12.7 Å². The summed E-state index contributed by atoms with van der Waals surface area (Å²) < 4.78 is 15.0. The molecule has 4 aromatic rings. The first-order chi connectivity index (χ1) is 12.1. The van der Waals surface area contributed by atoms with E-state index in [1.807, 2.05) is 12.3 Å². The Morgan fingerprint density at radius 3 is 2.92 bits per heavy atom. The first-order valence-corrected chi connectivity index (χ1v) is 8.31. The Hall–Kier alpha value is -3.13. The zero-order valence-corrected chi connectivity index (χ0v) is 13.9. The number of carbonyl (C=O) groups is 1. The topological polar surface area (TPSA) is 72.2 Å². The van der Waals surface area contributed by atoms with Crippen LogP contribution in [0.2, 0.25) is 0 Å². The van der Waals surface area contributed by atoms with Gasteiger partial charge in [0.25, 0.3) is 5.91 Å². The van der Waals surface area contributed by atoms with Gasteiger partial charge in [0.15, 0.2) is 10.8 Å². The van der Waals surface area contributed by atoms with Crippen LogP contribution in [-0.2, 0) is 0 Å². The van der Waals surface area contributed by atoms with Crippen molar-refractivity contribution >= 4 is 28.0 Å². The van der Waals surface area contributed by atoms with E-state index in [9.17, 15) is 9.18 Å². The third kappa shape index (κ3) is 2.99. The summed E-state index contributed by atoms with van der Waals surface area (Å²) >= 11 is 1.35. The summed E-state index contributed by atoms with van der Waals surface area (Å²) in [4.78, 5) is 21.1. The van der Waals surface area contributed by atoms with Crippen molar-refractivity contribution in [1.29, 1.82) is 0 Å². The Labute approximate surface area is 146 Å². The predicted molar refractivity (Wildman–Crippen MR) is 93.2 cm³/mol. The minimum Gasteiger partial charge on any atom is -0.298 e. The predicted octanol–water partition coefficient (Wildman–Crippen LogP) is 3.55. The molecule has 1 amide bonds. The van der Waals surface area contributed by atoms with Crippen LogP contribution in [-0.4, -0.2) is 25.5 Å². The van der Waals surface area contributed by atoms with E-state index in [-0.39, 0.29) is 11.7 Å². The number of fused-ring (bicyclic) bond motifs is 1. The van der Waals surface area contributed by atoms with Crippen LogP contribution in [0.4, 0.5) is 9.52 Å². The molecule has 3 heterocycles. The SMILES string of the molecule is Cc1csc(NC(=O)c2cc(-c3cccc(F)c3)cn3ncnc23)n1. The number of hydrogen-bond donors (Lipinski definition) is 1. The maximum Gasteiger partial charge on any atom is 0.261 e. The van der Waals surface area contributed by atoms with Crippen molar-refractivity contribution < 1.29 is 9.18 Å². The number of aryl methyl sites for hydroxylation is 1. The molecule has 0 unspecified atom stereocenters. The van der Waals surface area contributed by atoms with Crippen molar-refractivity contribution in [2.45, 2.75) is 6.92 Å². The molecule has 0 aliphatic carbocycles. The number of carbonyl (C=O) groups excluding carboxylic acids is 1. The van der Waals surface area contributed by atoms with E-state index in [1.165, 1.54) is 34.3 Å². The van der Waals surface area contributed by atoms with E-state index in [4.69, 9.17) is 0 Å². The fourth-order valence-corrected chi connectivity index (χ4v) is 3.18.